The topological polar surface area (TPSA) is 113 Å². The highest BCUT2D eigenvalue weighted by Crippen LogP contribution is 2.45. The molecule has 224 valence electrons. The molecule has 0 fully saturated rings. The van der Waals surface area contributed by atoms with Crippen molar-refractivity contribution >= 4 is 5.97 Å². The first-order valence-electron chi connectivity index (χ1n) is 14.3. The van der Waals surface area contributed by atoms with Crippen LogP contribution in [0.5, 0.6) is 28.7 Å². The van der Waals surface area contributed by atoms with Crippen molar-refractivity contribution in [1.82, 2.24) is 0 Å². The van der Waals surface area contributed by atoms with Crippen LogP contribution in [-0.2, 0) is 17.8 Å². The van der Waals surface area contributed by atoms with E-state index in [9.17, 15) is 10.1 Å². The first kappa shape index (κ1) is 30.1. The van der Waals surface area contributed by atoms with E-state index in [0.29, 0.717) is 35.2 Å². The predicted molar refractivity (Wildman–Crippen MR) is 166 cm³/mol. The molecule has 1 aliphatic heterocycles. The summed E-state index contributed by atoms with van der Waals surface area (Å²) in [5, 5.41) is 10.0. The molecule has 8 heteroatoms. The number of methoxy groups -OCH3 is 1. The van der Waals surface area contributed by atoms with Gasteiger partial charge in [0.15, 0.2) is 17.6 Å². The second-order valence-corrected chi connectivity index (χ2v) is 10.5. The van der Waals surface area contributed by atoms with Gasteiger partial charge in [0.1, 0.15) is 35.5 Å². The van der Waals surface area contributed by atoms with Crippen LogP contribution in [-0.4, -0.2) is 19.2 Å². The number of hydrogen-bond acceptors (Lipinski definition) is 8. The molecule has 44 heavy (non-hydrogen) atoms. The van der Waals surface area contributed by atoms with Gasteiger partial charge in [-0.3, -0.25) is 0 Å². The molecule has 4 aromatic rings. The zero-order chi connectivity index (χ0) is 31.2. The van der Waals surface area contributed by atoms with E-state index in [1.54, 1.807) is 32.2 Å². The molecule has 0 saturated carbocycles. The summed E-state index contributed by atoms with van der Waals surface area (Å²) in [6.45, 7) is 6.11. The number of benzene rings is 4. The van der Waals surface area contributed by atoms with Crippen molar-refractivity contribution in [2.24, 2.45) is 5.73 Å². The summed E-state index contributed by atoms with van der Waals surface area (Å²) in [7, 11) is 1.57. The summed E-state index contributed by atoms with van der Waals surface area (Å²) in [4.78, 5) is 12.8. The Kier molecular flexibility index (Phi) is 9.06. The molecule has 8 nitrogen and oxygen atoms in total. The monoisotopic (exact) mass is 590 g/mol. The number of nitriles is 1. The first-order valence-corrected chi connectivity index (χ1v) is 14.3. The molecule has 1 aliphatic rings. The van der Waals surface area contributed by atoms with Gasteiger partial charge in [-0.05, 0) is 67.3 Å². The van der Waals surface area contributed by atoms with E-state index in [2.05, 4.69) is 13.0 Å². The van der Waals surface area contributed by atoms with E-state index in [1.165, 1.54) is 11.1 Å². The van der Waals surface area contributed by atoms with Gasteiger partial charge in [-0.1, -0.05) is 61.0 Å². The minimum absolute atomic E-state index is 0.0284. The predicted octanol–water partition coefficient (Wildman–Crippen LogP) is 6.74. The van der Waals surface area contributed by atoms with Crippen LogP contribution in [0, 0.1) is 18.3 Å². The Labute approximate surface area is 257 Å². The minimum atomic E-state index is -0.846. The van der Waals surface area contributed by atoms with Gasteiger partial charge in [-0.25, -0.2) is 4.79 Å². The normalized spacial score (nSPS) is 14.5. The molecule has 0 aromatic heterocycles. The standard InChI is InChI=1S/C36H34N2O6/c1-5-24-10-13-27(14-11-24)42-23(3)36(39)43-28-15-16-29-32(19-28)44-35(38)30(20-37)34(29)26-12-17-31(33(18-26)40-4)41-21-25-8-6-22(2)7-9-25/h6-19,23,34H,5,21,38H2,1-4H3. The fourth-order valence-corrected chi connectivity index (χ4v) is 4.93. The number of carbonyl (C=O) groups is 1. The highest BCUT2D eigenvalue weighted by atomic mass is 16.6. The van der Waals surface area contributed by atoms with Crippen molar-refractivity contribution in [3.05, 3.63) is 124 Å². The number of aryl methyl sites for hydroxylation is 2. The number of esters is 1. The SMILES string of the molecule is CCc1ccc(OC(C)C(=O)Oc2ccc3c(c2)OC(N)=C(C#N)C3c2ccc(OCc3ccc(C)cc3)c(OC)c2)cc1. The number of fused-ring (bicyclic) bond motifs is 1. The minimum Gasteiger partial charge on any atom is -0.493 e. The maximum absolute atomic E-state index is 12.8. The molecule has 0 saturated heterocycles. The van der Waals surface area contributed by atoms with Gasteiger partial charge in [0.25, 0.3) is 0 Å². The van der Waals surface area contributed by atoms with Gasteiger partial charge < -0.3 is 29.4 Å². The number of rotatable bonds is 10. The molecule has 1 heterocycles. The third-order valence-corrected chi connectivity index (χ3v) is 7.42. The van der Waals surface area contributed by atoms with Gasteiger partial charge in [0.2, 0.25) is 5.88 Å². The molecule has 2 N–H and O–H groups in total. The van der Waals surface area contributed by atoms with E-state index in [1.807, 2.05) is 73.7 Å². The first-order chi connectivity index (χ1) is 21.3. The van der Waals surface area contributed by atoms with E-state index in [0.717, 1.165) is 17.5 Å². The van der Waals surface area contributed by atoms with Crippen molar-refractivity contribution in [2.45, 2.75) is 45.8 Å². The molecular weight excluding hydrogens is 556 g/mol. The molecule has 4 aromatic carbocycles. The molecule has 5 rings (SSSR count). The molecule has 0 amide bonds. The number of nitrogens with two attached hydrogens (primary N) is 1. The van der Waals surface area contributed by atoms with Gasteiger partial charge in [0.05, 0.1) is 13.0 Å². The van der Waals surface area contributed by atoms with E-state index >= 15 is 0 Å². The van der Waals surface area contributed by atoms with Gasteiger partial charge in [-0.15, -0.1) is 0 Å². The Morgan fingerprint density at radius 1 is 0.955 bits per heavy atom. The molecule has 2 atom stereocenters. The van der Waals surface area contributed by atoms with Crippen LogP contribution in [0.25, 0.3) is 0 Å². The summed E-state index contributed by atoms with van der Waals surface area (Å²) in [6, 6.07) is 28.4. The number of ether oxygens (including phenoxy) is 5. The summed E-state index contributed by atoms with van der Waals surface area (Å²) in [5.41, 5.74) is 11.3. The lowest BCUT2D eigenvalue weighted by Crippen LogP contribution is -2.28. The van der Waals surface area contributed by atoms with Crippen LogP contribution in [0.1, 0.15) is 47.6 Å². The summed E-state index contributed by atoms with van der Waals surface area (Å²) < 4.78 is 28.9. The van der Waals surface area contributed by atoms with E-state index in [4.69, 9.17) is 29.4 Å². The summed E-state index contributed by atoms with van der Waals surface area (Å²) in [6.07, 6.45) is 0.0674. The molecule has 2 unspecified atom stereocenters. The van der Waals surface area contributed by atoms with Crippen molar-refractivity contribution in [3.8, 4) is 34.8 Å². The van der Waals surface area contributed by atoms with Crippen LogP contribution >= 0.6 is 0 Å². The van der Waals surface area contributed by atoms with Crippen molar-refractivity contribution < 1.29 is 28.5 Å². The lowest BCUT2D eigenvalue weighted by molar-refractivity contribution is -0.141. The number of allylic oxidation sites excluding steroid dienone is 1. The highest BCUT2D eigenvalue weighted by Gasteiger charge is 2.32. The Balaban J connectivity index is 1.35. The van der Waals surface area contributed by atoms with E-state index in [-0.39, 0.29) is 17.2 Å². The van der Waals surface area contributed by atoms with Crippen molar-refractivity contribution in [1.29, 1.82) is 5.26 Å². The zero-order valence-corrected chi connectivity index (χ0v) is 25.1. The highest BCUT2D eigenvalue weighted by molar-refractivity contribution is 5.77. The zero-order valence-electron chi connectivity index (χ0n) is 25.1. The molecule has 0 aliphatic carbocycles. The average Bonchev–Trinajstić information content (AvgIpc) is 3.04. The second kappa shape index (κ2) is 13.3. The largest absolute Gasteiger partial charge is 0.493 e. The maximum Gasteiger partial charge on any atom is 0.352 e. The molecular formula is C36H34N2O6. The van der Waals surface area contributed by atoms with Gasteiger partial charge >= 0.3 is 5.97 Å². The average molecular weight is 591 g/mol. The third-order valence-electron chi connectivity index (χ3n) is 7.42. The third kappa shape index (κ3) is 6.63. The number of hydrogen-bond donors (Lipinski definition) is 1. The van der Waals surface area contributed by atoms with E-state index < -0.39 is 18.0 Å². The number of carbonyl (C=O) groups excluding carboxylic acids is 1. The van der Waals surface area contributed by atoms with Crippen LogP contribution in [0.4, 0.5) is 0 Å². The van der Waals surface area contributed by atoms with Crippen LogP contribution in [0.3, 0.4) is 0 Å². The Hall–Kier alpha value is -5.42. The lowest BCUT2D eigenvalue weighted by Gasteiger charge is -2.27. The molecule has 0 radical (unpaired) electrons. The van der Waals surface area contributed by atoms with Gasteiger partial charge in [-0.2, -0.15) is 5.26 Å². The summed E-state index contributed by atoms with van der Waals surface area (Å²) >= 11 is 0. The van der Waals surface area contributed by atoms with Gasteiger partial charge in [0, 0.05) is 11.6 Å². The lowest BCUT2D eigenvalue weighted by atomic mass is 9.83. The van der Waals surface area contributed by atoms with Crippen LogP contribution in [0.15, 0.2) is 96.4 Å². The van der Waals surface area contributed by atoms with Crippen molar-refractivity contribution in [2.75, 3.05) is 7.11 Å². The quantitative estimate of drug-likeness (QED) is 0.160. The molecule has 0 spiro atoms. The summed E-state index contributed by atoms with van der Waals surface area (Å²) in [5.74, 6) is 1.16. The fourth-order valence-electron chi connectivity index (χ4n) is 4.93. The number of nitrogens with zero attached hydrogens (tertiary/aromatic N) is 1. The smallest absolute Gasteiger partial charge is 0.352 e. The Bertz CT molecular complexity index is 1720. The fraction of sp³-hybridized carbons (Fsp3) is 0.222. The second-order valence-electron chi connectivity index (χ2n) is 10.5. The van der Waals surface area contributed by atoms with Crippen LogP contribution in [0.2, 0.25) is 0 Å². The maximum atomic E-state index is 12.8. The Morgan fingerprint density at radius 2 is 1.66 bits per heavy atom. The molecule has 0 bridgehead atoms. The Morgan fingerprint density at radius 3 is 2.34 bits per heavy atom. The van der Waals surface area contributed by atoms with Crippen molar-refractivity contribution in [3.63, 3.8) is 0 Å². The van der Waals surface area contributed by atoms with Crippen LogP contribution < -0.4 is 29.4 Å².